The van der Waals surface area contributed by atoms with Crippen molar-refractivity contribution in [3.05, 3.63) is 12.2 Å². The summed E-state index contributed by atoms with van der Waals surface area (Å²) in [6.45, 7) is 4.89. The zero-order chi connectivity index (χ0) is 9.35. The molecule has 1 rings (SSSR count). The van der Waals surface area contributed by atoms with Crippen molar-refractivity contribution in [1.29, 1.82) is 0 Å². The Morgan fingerprint density at radius 1 is 1.67 bits per heavy atom. The molecule has 1 aliphatic rings. The van der Waals surface area contributed by atoms with Crippen LogP contribution in [0.4, 0.5) is 0 Å². The molecule has 0 aliphatic heterocycles. The van der Waals surface area contributed by atoms with Crippen LogP contribution in [-0.4, -0.2) is 22.5 Å². The van der Waals surface area contributed by atoms with Gasteiger partial charge in [0.15, 0.2) is 5.54 Å². The number of hydrogen-bond donors (Lipinski definition) is 2. The van der Waals surface area contributed by atoms with Crippen LogP contribution in [0.15, 0.2) is 12.2 Å². The molecule has 1 aliphatic carbocycles. The van der Waals surface area contributed by atoms with Gasteiger partial charge in [-0.2, -0.15) is 0 Å². The number of aliphatic carboxylic acids is 1. The molecule has 4 nitrogen and oxygen atoms in total. The average Bonchev–Trinajstić information content (AvgIpc) is 1.96. The van der Waals surface area contributed by atoms with Gasteiger partial charge in [-0.3, -0.25) is 4.79 Å². The van der Waals surface area contributed by atoms with Gasteiger partial charge in [-0.15, -0.1) is 0 Å². The zero-order valence-electron chi connectivity index (χ0n) is 6.89. The molecular weight excluding hydrogens is 158 g/mol. The van der Waals surface area contributed by atoms with Gasteiger partial charge in [0.1, 0.15) is 0 Å². The quantitative estimate of drug-likeness (QED) is 0.584. The van der Waals surface area contributed by atoms with Crippen LogP contribution < -0.4 is 5.32 Å². The van der Waals surface area contributed by atoms with E-state index >= 15 is 0 Å². The summed E-state index contributed by atoms with van der Waals surface area (Å²) in [7, 11) is 0. The molecule has 0 heterocycles. The van der Waals surface area contributed by atoms with Crippen LogP contribution in [0.2, 0.25) is 0 Å². The Labute approximate surface area is 70.3 Å². The predicted octanol–water partition coefficient (Wildman–Crippen LogP) is 0.296. The summed E-state index contributed by atoms with van der Waals surface area (Å²) in [5, 5.41) is 11.2. The summed E-state index contributed by atoms with van der Waals surface area (Å²) in [4.78, 5) is 21.5. The molecule has 0 bridgehead atoms. The summed E-state index contributed by atoms with van der Waals surface area (Å²) in [6.07, 6.45) is 1.12. The van der Waals surface area contributed by atoms with Crippen LogP contribution >= 0.6 is 0 Å². The summed E-state index contributed by atoms with van der Waals surface area (Å²) in [6, 6.07) is 0. The highest BCUT2D eigenvalue weighted by Gasteiger charge is 2.48. The second kappa shape index (κ2) is 2.62. The number of carboxylic acids is 1. The molecule has 1 amide bonds. The van der Waals surface area contributed by atoms with Crippen molar-refractivity contribution in [3.8, 4) is 0 Å². The molecule has 1 fully saturated rings. The van der Waals surface area contributed by atoms with Gasteiger partial charge in [-0.05, 0) is 18.4 Å². The molecule has 1 saturated carbocycles. The second-order valence-electron chi connectivity index (χ2n) is 3.00. The maximum absolute atomic E-state index is 10.8. The smallest absolute Gasteiger partial charge is 0.333 e. The molecule has 0 aromatic rings. The zero-order valence-corrected chi connectivity index (χ0v) is 6.89. The van der Waals surface area contributed by atoms with E-state index in [9.17, 15) is 9.59 Å². The van der Waals surface area contributed by atoms with Crippen molar-refractivity contribution in [2.75, 3.05) is 0 Å². The van der Waals surface area contributed by atoms with E-state index in [0.29, 0.717) is 18.4 Å². The molecular formula is C8H11NO3. The van der Waals surface area contributed by atoms with Crippen LogP contribution in [0.1, 0.15) is 19.8 Å². The Hall–Kier alpha value is -1.32. The number of carbonyl (C=O) groups excluding carboxylic acids is 1. The van der Waals surface area contributed by atoms with Crippen LogP contribution in [0.5, 0.6) is 0 Å². The van der Waals surface area contributed by atoms with E-state index in [1.54, 1.807) is 0 Å². The first kappa shape index (κ1) is 8.77. The maximum atomic E-state index is 10.8. The highest BCUT2D eigenvalue weighted by Crippen LogP contribution is 2.36. The van der Waals surface area contributed by atoms with Crippen molar-refractivity contribution >= 4 is 11.9 Å². The van der Waals surface area contributed by atoms with Crippen molar-refractivity contribution in [2.45, 2.75) is 25.3 Å². The van der Waals surface area contributed by atoms with Gasteiger partial charge in [0.05, 0.1) is 0 Å². The Morgan fingerprint density at radius 2 is 2.25 bits per heavy atom. The van der Waals surface area contributed by atoms with Crippen LogP contribution in [0.25, 0.3) is 0 Å². The lowest BCUT2D eigenvalue weighted by Crippen LogP contribution is -2.60. The summed E-state index contributed by atoms with van der Waals surface area (Å²) < 4.78 is 0. The monoisotopic (exact) mass is 169 g/mol. The molecule has 4 heteroatoms. The summed E-state index contributed by atoms with van der Waals surface area (Å²) >= 11 is 0. The van der Waals surface area contributed by atoms with Gasteiger partial charge in [-0.1, -0.05) is 6.58 Å². The van der Waals surface area contributed by atoms with E-state index in [0.717, 1.165) is 0 Å². The van der Waals surface area contributed by atoms with Crippen LogP contribution in [0, 0.1) is 0 Å². The Bertz CT molecular complexity index is 249. The third-order valence-corrected chi connectivity index (χ3v) is 2.16. The number of amides is 1. The lowest BCUT2D eigenvalue weighted by Gasteiger charge is -2.40. The Morgan fingerprint density at radius 3 is 2.33 bits per heavy atom. The number of carbonyl (C=O) groups is 2. The van der Waals surface area contributed by atoms with Crippen LogP contribution in [-0.2, 0) is 9.59 Å². The standard InChI is InChI=1S/C8H11NO3/c1-5-3-4-8(5,7(11)12)9-6(2)10/h1,3-4H2,2H3,(H,9,10)(H,11,12). The minimum atomic E-state index is -1.17. The van der Waals surface area contributed by atoms with Gasteiger partial charge in [-0.25, -0.2) is 4.79 Å². The van der Waals surface area contributed by atoms with E-state index < -0.39 is 11.5 Å². The van der Waals surface area contributed by atoms with Crippen molar-refractivity contribution in [2.24, 2.45) is 0 Å². The highest BCUT2D eigenvalue weighted by molar-refractivity contribution is 5.90. The lowest BCUT2D eigenvalue weighted by atomic mass is 9.72. The molecule has 0 saturated heterocycles. The van der Waals surface area contributed by atoms with E-state index in [4.69, 9.17) is 5.11 Å². The number of rotatable bonds is 2. The fourth-order valence-electron chi connectivity index (χ4n) is 1.31. The van der Waals surface area contributed by atoms with Gasteiger partial charge in [0, 0.05) is 6.92 Å². The van der Waals surface area contributed by atoms with Gasteiger partial charge in [0.25, 0.3) is 0 Å². The molecule has 2 N–H and O–H groups in total. The van der Waals surface area contributed by atoms with Gasteiger partial charge >= 0.3 is 5.97 Å². The first-order chi connectivity index (χ1) is 5.49. The van der Waals surface area contributed by atoms with E-state index in [2.05, 4.69) is 11.9 Å². The first-order valence-electron chi connectivity index (χ1n) is 3.69. The summed E-state index contributed by atoms with van der Waals surface area (Å²) in [5.74, 6) is -1.35. The SMILES string of the molecule is C=C1CCC1(NC(C)=O)C(=O)O. The van der Waals surface area contributed by atoms with E-state index in [1.807, 2.05) is 0 Å². The molecule has 12 heavy (non-hydrogen) atoms. The topological polar surface area (TPSA) is 66.4 Å². The van der Waals surface area contributed by atoms with E-state index in [-0.39, 0.29) is 5.91 Å². The first-order valence-corrected chi connectivity index (χ1v) is 3.69. The Balaban J connectivity index is 2.81. The molecule has 0 radical (unpaired) electrons. The second-order valence-corrected chi connectivity index (χ2v) is 3.00. The average molecular weight is 169 g/mol. The normalized spacial score (nSPS) is 27.6. The highest BCUT2D eigenvalue weighted by atomic mass is 16.4. The molecule has 0 aromatic carbocycles. The van der Waals surface area contributed by atoms with E-state index in [1.165, 1.54) is 6.92 Å². The molecule has 0 spiro atoms. The minimum Gasteiger partial charge on any atom is -0.479 e. The van der Waals surface area contributed by atoms with Crippen molar-refractivity contribution in [1.82, 2.24) is 5.32 Å². The fraction of sp³-hybridized carbons (Fsp3) is 0.500. The van der Waals surface area contributed by atoms with Gasteiger partial charge in [0.2, 0.25) is 5.91 Å². The lowest BCUT2D eigenvalue weighted by molar-refractivity contribution is -0.147. The molecule has 1 unspecified atom stereocenters. The maximum Gasteiger partial charge on any atom is 0.333 e. The molecule has 0 aromatic heterocycles. The Kier molecular flexibility index (Phi) is 1.92. The third-order valence-electron chi connectivity index (χ3n) is 2.16. The molecule has 66 valence electrons. The predicted molar refractivity (Wildman–Crippen MR) is 42.6 cm³/mol. The summed E-state index contributed by atoms with van der Waals surface area (Å²) in [5.41, 5.74) is -0.601. The largest absolute Gasteiger partial charge is 0.479 e. The number of carboxylic acid groups (broad SMARTS) is 1. The van der Waals surface area contributed by atoms with Crippen molar-refractivity contribution in [3.63, 3.8) is 0 Å². The van der Waals surface area contributed by atoms with Crippen LogP contribution in [0.3, 0.4) is 0 Å². The third kappa shape index (κ3) is 1.09. The number of nitrogens with one attached hydrogen (secondary N) is 1. The fourth-order valence-corrected chi connectivity index (χ4v) is 1.31. The van der Waals surface area contributed by atoms with Crippen molar-refractivity contribution < 1.29 is 14.7 Å². The van der Waals surface area contributed by atoms with Gasteiger partial charge < -0.3 is 10.4 Å². The molecule has 1 atom stereocenters. The minimum absolute atomic E-state index is 0.335. The number of hydrogen-bond acceptors (Lipinski definition) is 2.